The first-order chi connectivity index (χ1) is 10.7. The maximum absolute atomic E-state index is 11.9. The quantitative estimate of drug-likeness (QED) is 0.846. The molecule has 1 aliphatic rings. The molecule has 0 aromatic heterocycles. The van der Waals surface area contributed by atoms with Gasteiger partial charge < -0.3 is 10.0 Å². The molecule has 6 nitrogen and oxygen atoms in total. The molecule has 0 fully saturated rings. The highest BCUT2D eigenvalue weighted by Gasteiger charge is 2.27. The predicted molar refractivity (Wildman–Crippen MR) is 86.4 cm³/mol. The first kappa shape index (κ1) is 16.9. The molecule has 0 saturated heterocycles. The Bertz CT molecular complexity index is 686. The number of nitrogens with zero attached hydrogens (tertiary/aromatic N) is 2. The summed E-state index contributed by atoms with van der Waals surface area (Å²) in [7, 11) is 0. The molecule has 0 radical (unpaired) electrons. The van der Waals surface area contributed by atoms with Crippen LogP contribution in [0.5, 0.6) is 0 Å². The van der Waals surface area contributed by atoms with E-state index < -0.39 is 11.6 Å². The maximum atomic E-state index is 11.9. The van der Waals surface area contributed by atoms with Crippen LogP contribution < -0.4 is 0 Å². The molecular formula is C17H20N2O4. The highest BCUT2D eigenvalue weighted by molar-refractivity contribution is 6.21. The molecule has 1 aliphatic heterocycles. The molecule has 2 amide bonds. The average molecular weight is 316 g/mol. The van der Waals surface area contributed by atoms with Gasteiger partial charge in [-0.2, -0.15) is 0 Å². The zero-order valence-corrected chi connectivity index (χ0v) is 13.5. The van der Waals surface area contributed by atoms with Gasteiger partial charge in [-0.3, -0.25) is 9.59 Å². The van der Waals surface area contributed by atoms with E-state index in [1.54, 1.807) is 18.2 Å². The monoisotopic (exact) mass is 316 g/mol. The second-order valence-corrected chi connectivity index (χ2v) is 6.50. The number of rotatable bonds is 5. The normalized spacial score (nSPS) is 13.5. The number of hydrogen-bond donors (Lipinski definition) is 1. The van der Waals surface area contributed by atoms with Gasteiger partial charge in [0.15, 0.2) is 0 Å². The highest BCUT2D eigenvalue weighted by atomic mass is 16.4. The Kier molecular flexibility index (Phi) is 4.63. The molecule has 0 saturated carbocycles. The van der Waals surface area contributed by atoms with E-state index in [9.17, 15) is 19.5 Å². The largest absolute Gasteiger partial charge is 0.465 e. The molecule has 1 heterocycles. The fourth-order valence-corrected chi connectivity index (χ4v) is 2.62. The number of hydrogen-bond acceptors (Lipinski definition) is 3. The molecular weight excluding hydrogens is 296 g/mol. The lowest BCUT2D eigenvalue weighted by molar-refractivity contribution is 0.0988. The van der Waals surface area contributed by atoms with Crippen LogP contribution in [0.15, 0.2) is 23.2 Å². The van der Waals surface area contributed by atoms with E-state index in [1.807, 2.05) is 20.8 Å². The molecule has 122 valence electrons. The number of carboxylic acid groups (broad SMARTS) is 1. The SMILES string of the molecule is CC(C)(C)N(CCCC1=NC(=O)c2cc(C=O)ccc21)C(=O)O. The Morgan fingerprint density at radius 3 is 2.57 bits per heavy atom. The Morgan fingerprint density at radius 2 is 2.00 bits per heavy atom. The number of aliphatic imine (C=N–C) groups is 1. The van der Waals surface area contributed by atoms with Gasteiger partial charge >= 0.3 is 6.09 Å². The van der Waals surface area contributed by atoms with Gasteiger partial charge in [0.25, 0.3) is 5.91 Å². The summed E-state index contributed by atoms with van der Waals surface area (Å²) in [6.45, 7) is 5.89. The molecule has 6 heteroatoms. The van der Waals surface area contributed by atoms with Crippen LogP contribution in [-0.2, 0) is 0 Å². The van der Waals surface area contributed by atoms with Gasteiger partial charge in [-0.15, -0.1) is 0 Å². The molecule has 2 rings (SSSR count). The van der Waals surface area contributed by atoms with Gasteiger partial charge in [0.2, 0.25) is 0 Å². The smallest absolute Gasteiger partial charge is 0.407 e. The van der Waals surface area contributed by atoms with E-state index >= 15 is 0 Å². The van der Waals surface area contributed by atoms with E-state index in [2.05, 4.69) is 4.99 Å². The van der Waals surface area contributed by atoms with E-state index in [-0.39, 0.29) is 5.91 Å². The first-order valence-corrected chi connectivity index (χ1v) is 7.46. The summed E-state index contributed by atoms with van der Waals surface area (Å²) in [5.74, 6) is -0.343. The first-order valence-electron chi connectivity index (χ1n) is 7.46. The molecule has 0 bridgehead atoms. The Morgan fingerprint density at radius 1 is 1.30 bits per heavy atom. The number of aldehydes is 1. The van der Waals surface area contributed by atoms with Crippen LogP contribution >= 0.6 is 0 Å². The average Bonchev–Trinajstić information content (AvgIpc) is 2.77. The van der Waals surface area contributed by atoms with Gasteiger partial charge in [-0.1, -0.05) is 12.1 Å². The van der Waals surface area contributed by atoms with Crippen molar-refractivity contribution in [1.82, 2.24) is 4.90 Å². The summed E-state index contributed by atoms with van der Waals surface area (Å²) in [6.07, 6.45) is 0.821. The van der Waals surface area contributed by atoms with E-state index in [0.717, 1.165) is 5.56 Å². The lowest BCUT2D eigenvalue weighted by Gasteiger charge is -2.33. The summed E-state index contributed by atoms with van der Waals surface area (Å²) in [6, 6.07) is 4.92. The van der Waals surface area contributed by atoms with Gasteiger partial charge in [0.05, 0.1) is 11.3 Å². The van der Waals surface area contributed by atoms with Gasteiger partial charge in [-0.05, 0) is 39.7 Å². The van der Waals surface area contributed by atoms with Crippen LogP contribution in [0.25, 0.3) is 0 Å². The molecule has 0 spiro atoms. The molecule has 1 aromatic rings. The maximum Gasteiger partial charge on any atom is 0.407 e. The Labute approximate surface area is 134 Å². The second kappa shape index (κ2) is 6.32. The Hall–Kier alpha value is -2.50. The predicted octanol–water partition coefficient (Wildman–Crippen LogP) is 3.00. The third kappa shape index (κ3) is 3.64. The molecule has 1 aromatic carbocycles. The van der Waals surface area contributed by atoms with Gasteiger partial charge in [-0.25, -0.2) is 9.79 Å². The van der Waals surface area contributed by atoms with Gasteiger partial charge in [0, 0.05) is 23.2 Å². The van der Waals surface area contributed by atoms with Crippen LogP contribution in [0.1, 0.15) is 59.9 Å². The summed E-state index contributed by atoms with van der Waals surface area (Å²) in [5, 5.41) is 9.27. The van der Waals surface area contributed by atoms with E-state index in [1.165, 1.54) is 4.90 Å². The van der Waals surface area contributed by atoms with Crippen molar-refractivity contribution in [2.24, 2.45) is 4.99 Å². The van der Waals surface area contributed by atoms with Crippen molar-refractivity contribution >= 4 is 24.0 Å². The van der Waals surface area contributed by atoms with Crippen LogP contribution in [0, 0.1) is 0 Å². The minimum atomic E-state index is -0.960. The second-order valence-electron chi connectivity index (χ2n) is 6.50. The number of carbonyl (C=O) groups is 3. The third-order valence-corrected chi connectivity index (χ3v) is 3.79. The standard InChI is InChI=1S/C17H20N2O4/c1-17(2,3)19(16(22)23)8-4-5-14-12-7-6-11(10-20)9-13(12)15(21)18-14/h6-7,9-10H,4-5,8H2,1-3H3,(H,22,23). The van der Waals surface area contributed by atoms with Crippen molar-refractivity contribution in [2.45, 2.75) is 39.2 Å². The number of fused-ring (bicyclic) bond motifs is 1. The fourth-order valence-electron chi connectivity index (χ4n) is 2.62. The molecule has 23 heavy (non-hydrogen) atoms. The zero-order chi connectivity index (χ0) is 17.2. The topological polar surface area (TPSA) is 87.0 Å². The molecule has 0 aliphatic carbocycles. The molecule has 0 unspecified atom stereocenters. The number of amides is 2. The zero-order valence-electron chi connectivity index (χ0n) is 13.5. The Balaban J connectivity index is 2.06. The number of benzene rings is 1. The summed E-state index contributed by atoms with van der Waals surface area (Å²) in [5.41, 5.74) is 1.80. The molecule has 1 N–H and O–H groups in total. The highest BCUT2D eigenvalue weighted by Crippen LogP contribution is 2.23. The van der Waals surface area contributed by atoms with Crippen LogP contribution in [0.2, 0.25) is 0 Å². The van der Waals surface area contributed by atoms with Crippen molar-refractivity contribution in [2.75, 3.05) is 6.54 Å². The van der Waals surface area contributed by atoms with Crippen LogP contribution in [0.3, 0.4) is 0 Å². The lowest BCUT2D eigenvalue weighted by Crippen LogP contribution is -2.45. The van der Waals surface area contributed by atoms with E-state index in [0.29, 0.717) is 42.5 Å². The minimum absolute atomic E-state index is 0.343. The third-order valence-electron chi connectivity index (χ3n) is 3.79. The molecule has 0 atom stereocenters. The van der Waals surface area contributed by atoms with Crippen molar-refractivity contribution in [1.29, 1.82) is 0 Å². The van der Waals surface area contributed by atoms with Crippen molar-refractivity contribution < 1.29 is 19.5 Å². The van der Waals surface area contributed by atoms with E-state index in [4.69, 9.17) is 0 Å². The van der Waals surface area contributed by atoms with Crippen molar-refractivity contribution in [3.05, 3.63) is 34.9 Å². The summed E-state index contributed by atoms with van der Waals surface area (Å²) < 4.78 is 0. The summed E-state index contributed by atoms with van der Waals surface area (Å²) in [4.78, 5) is 39.4. The summed E-state index contributed by atoms with van der Waals surface area (Å²) >= 11 is 0. The fraction of sp³-hybridized carbons (Fsp3) is 0.412. The lowest BCUT2D eigenvalue weighted by atomic mass is 9.99. The number of carbonyl (C=O) groups excluding carboxylic acids is 2. The van der Waals surface area contributed by atoms with Gasteiger partial charge in [0.1, 0.15) is 6.29 Å². The van der Waals surface area contributed by atoms with Crippen LogP contribution in [0.4, 0.5) is 4.79 Å². The van der Waals surface area contributed by atoms with Crippen LogP contribution in [-0.4, -0.2) is 46.1 Å². The minimum Gasteiger partial charge on any atom is -0.465 e. The van der Waals surface area contributed by atoms with Crippen molar-refractivity contribution in [3.63, 3.8) is 0 Å². The van der Waals surface area contributed by atoms with Crippen molar-refractivity contribution in [3.8, 4) is 0 Å².